The zero-order chi connectivity index (χ0) is 16.0. The molecule has 21 heavy (non-hydrogen) atoms. The van der Waals surface area contributed by atoms with Gasteiger partial charge in [-0.15, -0.1) is 0 Å². The summed E-state index contributed by atoms with van der Waals surface area (Å²) >= 11 is 0. The van der Waals surface area contributed by atoms with Gasteiger partial charge in [-0.1, -0.05) is 0 Å². The average Bonchev–Trinajstić information content (AvgIpc) is 2.44. The third-order valence-corrected chi connectivity index (χ3v) is 3.31. The minimum Gasteiger partial charge on any atom is -0.480 e. The molecule has 0 saturated carbocycles. The maximum Gasteiger partial charge on any atom is 0.323 e. The van der Waals surface area contributed by atoms with Gasteiger partial charge in [-0.25, -0.2) is 4.79 Å². The molecule has 1 heterocycles. The van der Waals surface area contributed by atoms with E-state index in [9.17, 15) is 19.2 Å². The quantitative estimate of drug-likeness (QED) is 0.600. The van der Waals surface area contributed by atoms with Crippen molar-refractivity contribution in [2.45, 2.75) is 12.8 Å². The molecule has 0 radical (unpaired) electrons. The van der Waals surface area contributed by atoms with Gasteiger partial charge in [-0.2, -0.15) is 0 Å². The maximum absolute atomic E-state index is 12.1. The smallest absolute Gasteiger partial charge is 0.323 e. The van der Waals surface area contributed by atoms with Crippen molar-refractivity contribution in [3.8, 4) is 0 Å². The van der Waals surface area contributed by atoms with Crippen LogP contribution in [0.4, 0.5) is 4.79 Å². The Morgan fingerprint density at radius 1 is 1.10 bits per heavy atom. The lowest BCUT2D eigenvalue weighted by molar-refractivity contribution is -0.140. The fourth-order valence-electron chi connectivity index (χ4n) is 2.25. The van der Waals surface area contributed by atoms with Gasteiger partial charge in [-0.05, 0) is 12.8 Å². The number of carboxylic acids is 2. The van der Waals surface area contributed by atoms with Crippen molar-refractivity contribution in [3.05, 3.63) is 0 Å². The Balaban J connectivity index is 2.62. The lowest BCUT2D eigenvalue weighted by Gasteiger charge is -2.34. The van der Waals surface area contributed by atoms with Crippen LogP contribution in [0.5, 0.6) is 0 Å². The Kier molecular flexibility index (Phi) is 5.94. The zero-order valence-electron chi connectivity index (χ0n) is 11.7. The molecule has 1 rings (SSSR count). The van der Waals surface area contributed by atoms with Gasteiger partial charge < -0.3 is 25.3 Å². The first kappa shape index (κ1) is 16.7. The fourth-order valence-corrected chi connectivity index (χ4v) is 2.25. The van der Waals surface area contributed by atoms with E-state index < -0.39 is 31.1 Å². The van der Waals surface area contributed by atoms with Crippen molar-refractivity contribution in [1.82, 2.24) is 15.1 Å². The monoisotopic (exact) mass is 301 g/mol. The van der Waals surface area contributed by atoms with Crippen LogP contribution in [0.3, 0.4) is 0 Å². The topological polar surface area (TPSA) is 127 Å². The molecular formula is C12H19N3O6. The summed E-state index contributed by atoms with van der Waals surface area (Å²) in [7, 11) is 1.54. The van der Waals surface area contributed by atoms with Crippen LogP contribution >= 0.6 is 0 Å². The van der Waals surface area contributed by atoms with E-state index in [4.69, 9.17) is 10.2 Å². The van der Waals surface area contributed by atoms with E-state index in [1.165, 1.54) is 4.90 Å². The Labute approximate surface area is 121 Å². The third kappa shape index (κ3) is 4.93. The van der Waals surface area contributed by atoms with E-state index in [1.807, 2.05) is 0 Å². The molecule has 0 unspecified atom stereocenters. The Morgan fingerprint density at radius 2 is 1.57 bits per heavy atom. The lowest BCUT2D eigenvalue weighted by Crippen LogP contribution is -2.50. The van der Waals surface area contributed by atoms with Crippen LogP contribution in [0, 0.1) is 5.92 Å². The van der Waals surface area contributed by atoms with Crippen molar-refractivity contribution in [2.75, 3.05) is 33.2 Å². The first-order chi connectivity index (χ1) is 9.85. The number of urea groups is 1. The number of piperidine rings is 1. The Hall–Kier alpha value is -2.32. The Morgan fingerprint density at radius 3 is 1.95 bits per heavy atom. The summed E-state index contributed by atoms with van der Waals surface area (Å²) in [4.78, 5) is 47.2. The van der Waals surface area contributed by atoms with Crippen LogP contribution in [0.1, 0.15) is 12.8 Å². The molecule has 0 aliphatic carbocycles. The minimum atomic E-state index is -1.27. The highest BCUT2D eigenvalue weighted by atomic mass is 16.4. The zero-order valence-corrected chi connectivity index (χ0v) is 11.7. The molecule has 1 aliphatic rings. The molecule has 118 valence electrons. The van der Waals surface area contributed by atoms with E-state index in [2.05, 4.69) is 5.32 Å². The number of rotatable bonds is 5. The predicted molar refractivity (Wildman–Crippen MR) is 70.6 cm³/mol. The van der Waals surface area contributed by atoms with Crippen molar-refractivity contribution >= 4 is 23.9 Å². The molecule has 1 fully saturated rings. The molecule has 1 aliphatic heterocycles. The van der Waals surface area contributed by atoms with Crippen LogP contribution in [-0.2, 0) is 14.4 Å². The van der Waals surface area contributed by atoms with Gasteiger partial charge in [0.15, 0.2) is 0 Å². The molecule has 0 aromatic heterocycles. The van der Waals surface area contributed by atoms with E-state index in [0.29, 0.717) is 25.9 Å². The summed E-state index contributed by atoms with van der Waals surface area (Å²) in [5.74, 6) is -2.81. The first-order valence-electron chi connectivity index (χ1n) is 6.54. The van der Waals surface area contributed by atoms with E-state index >= 15 is 0 Å². The second kappa shape index (κ2) is 7.46. The standard InChI is InChI=1S/C12H19N3O6/c1-13-11(20)8-2-4-14(5-3-8)12(21)15(6-9(16)17)7-10(18)19/h8H,2-7H2,1H3,(H,13,20)(H,16,17)(H,18,19). The number of carboxylic acid groups (broad SMARTS) is 2. The highest BCUT2D eigenvalue weighted by Crippen LogP contribution is 2.18. The molecule has 9 heteroatoms. The van der Waals surface area contributed by atoms with Crippen LogP contribution in [0.2, 0.25) is 0 Å². The van der Waals surface area contributed by atoms with Gasteiger partial charge in [0.2, 0.25) is 5.91 Å². The normalized spacial score (nSPS) is 15.4. The molecular weight excluding hydrogens is 282 g/mol. The van der Waals surface area contributed by atoms with Crippen molar-refractivity contribution in [1.29, 1.82) is 0 Å². The number of hydrogen-bond acceptors (Lipinski definition) is 4. The number of nitrogens with zero attached hydrogens (tertiary/aromatic N) is 2. The number of nitrogens with one attached hydrogen (secondary N) is 1. The number of carbonyl (C=O) groups is 4. The van der Waals surface area contributed by atoms with Crippen molar-refractivity contribution < 1.29 is 29.4 Å². The molecule has 1 saturated heterocycles. The van der Waals surface area contributed by atoms with Gasteiger partial charge >= 0.3 is 18.0 Å². The van der Waals surface area contributed by atoms with Gasteiger partial charge in [0.25, 0.3) is 0 Å². The van der Waals surface area contributed by atoms with Crippen LogP contribution in [0.15, 0.2) is 0 Å². The fraction of sp³-hybridized carbons (Fsp3) is 0.667. The minimum absolute atomic E-state index is 0.0879. The molecule has 0 aromatic carbocycles. The van der Waals surface area contributed by atoms with Crippen LogP contribution in [0.25, 0.3) is 0 Å². The van der Waals surface area contributed by atoms with E-state index in [0.717, 1.165) is 4.90 Å². The molecule has 3 amide bonds. The Bertz CT molecular complexity index is 415. The second-order valence-corrected chi connectivity index (χ2v) is 4.80. The summed E-state index contributed by atoms with van der Waals surface area (Å²) in [6, 6.07) is -0.629. The number of aliphatic carboxylic acids is 2. The summed E-state index contributed by atoms with van der Waals surface area (Å²) in [5, 5.41) is 20.0. The second-order valence-electron chi connectivity index (χ2n) is 4.80. The average molecular weight is 301 g/mol. The van der Waals surface area contributed by atoms with Gasteiger partial charge in [0, 0.05) is 26.1 Å². The van der Waals surface area contributed by atoms with Crippen molar-refractivity contribution in [3.63, 3.8) is 0 Å². The summed E-state index contributed by atoms with van der Waals surface area (Å²) in [6.45, 7) is -0.736. The molecule has 0 spiro atoms. The molecule has 9 nitrogen and oxygen atoms in total. The highest BCUT2D eigenvalue weighted by molar-refractivity contribution is 5.84. The number of carbonyl (C=O) groups excluding carboxylic acids is 2. The summed E-state index contributed by atoms with van der Waals surface area (Å²) in [6.07, 6.45) is 0.943. The number of hydrogen-bond donors (Lipinski definition) is 3. The largest absolute Gasteiger partial charge is 0.480 e. The van der Waals surface area contributed by atoms with Gasteiger partial charge in [0.05, 0.1) is 0 Å². The van der Waals surface area contributed by atoms with Gasteiger partial charge in [0.1, 0.15) is 13.1 Å². The van der Waals surface area contributed by atoms with E-state index in [1.54, 1.807) is 7.05 Å². The maximum atomic E-state index is 12.1. The van der Waals surface area contributed by atoms with Crippen molar-refractivity contribution in [2.24, 2.45) is 5.92 Å². The van der Waals surface area contributed by atoms with Gasteiger partial charge in [-0.3, -0.25) is 14.4 Å². The van der Waals surface area contributed by atoms with Crippen LogP contribution in [-0.4, -0.2) is 77.1 Å². The third-order valence-electron chi connectivity index (χ3n) is 3.31. The lowest BCUT2D eigenvalue weighted by atomic mass is 9.96. The van der Waals surface area contributed by atoms with E-state index in [-0.39, 0.29) is 11.8 Å². The summed E-state index contributed by atoms with van der Waals surface area (Å²) < 4.78 is 0. The predicted octanol–water partition coefficient (Wildman–Crippen LogP) is -0.964. The summed E-state index contributed by atoms with van der Waals surface area (Å²) in [5.41, 5.74) is 0. The number of likely N-dealkylation sites (tertiary alicyclic amines) is 1. The first-order valence-corrected chi connectivity index (χ1v) is 6.54. The molecule has 3 N–H and O–H groups in total. The molecule has 0 aromatic rings. The molecule has 0 atom stereocenters. The molecule has 0 bridgehead atoms. The number of amides is 3. The van der Waals surface area contributed by atoms with Crippen LogP contribution < -0.4 is 5.32 Å². The highest BCUT2D eigenvalue weighted by Gasteiger charge is 2.30. The SMILES string of the molecule is CNC(=O)C1CCN(C(=O)N(CC(=O)O)CC(=O)O)CC1.